The standard InChI is InChI=1S/C17H17N3OS/c1-12(2)15-9-8-13(10-18)17(20-15)22-11-16(21)19-14-6-4-3-5-7-14/h3-9,12H,11H2,1-2H3,(H,19,21). The molecule has 0 saturated carbocycles. The smallest absolute Gasteiger partial charge is 0.234 e. The third-order valence-corrected chi connectivity index (χ3v) is 3.98. The summed E-state index contributed by atoms with van der Waals surface area (Å²) in [6.45, 7) is 4.09. The lowest BCUT2D eigenvalue weighted by Crippen LogP contribution is -2.14. The first-order valence-corrected chi connectivity index (χ1v) is 7.97. The van der Waals surface area contributed by atoms with Gasteiger partial charge >= 0.3 is 0 Å². The van der Waals surface area contributed by atoms with Crippen molar-refractivity contribution in [3.8, 4) is 6.07 Å². The van der Waals surface area contributed by atoms with Crippen molar-refractivity contribution in [1.82, 2.24) is 4.98 Å². The molecule has 0 radical (unpaired) electrons. The Morgan fingerprint density at radius 2 is 2.00 bits per heavy atom. The van der Waals surface area contributed by atoms with Gasteiger partial charge in [0.25, 0.3) is 0 Å². The first-order chi connectivity index (χ1) is 10.6. The van der Waals surface area contributed by atoms with Crippen LogP contribution in [0.2, 0.25) is 0 Å². The first kappa shape index (κ1) is 16.1. The molecule has 0 aliphatic carbocycles. The van der Waals surface area contributed by atoms with E-state index < -0.39 is 0 Å². The fraction of sp³-hybridized carbons (Fsp3) is 0.235. The fourth-order valence-electron chi connectivity index (χ4n) is 1.82. The molecule has 1 N–H and O–H groups in total. The molecule has 0 unspecified atom stereocenters. The maximum Gasteiger partial charge on any atom is 0.234 e. The molecular weight excluding hydrogens is 294 g/mol. The number of anilines is 1. The number of benzene rings is 1. The molecule has 22 heavy (non-hydrogen) atoms. The van der Waals surface area contributed by atoms with Gasteiger partial charge in [-0.2, -0.15) is 5.26 Å². The molecule has 4 nitrogen and oxygen atoms in total. The minimum absolute atomic E-state index is 0.114. The molecule has 0 bridgehead atoms. The Morgan fingerprint density at radius 1 is 1.27 bits per heavy atom. The molecule has 0 atom stereocenters. The van der Waals surface area contributed by atoms with Crippen LogP contribution in [0.25, 0.3) is 0 Å². The van der Waals surface area contributed by atoms with Crippen molar-refractivity contribution in [3.05, 3.63) is 53.7 Å². The Balaban J connectivity index is 2.03. The van der Waals surface area contributed by atoms with Gasteiger partial charge in [0.05, 0.1) is 11.3 Å². The van der Waals surface area contributed by atoms with Crippen LogP contribution in [-0.4, -0.2) is 16.6 Å². The summed E-state index contributed by atoms with van der Waals surface area (Å²) in [5.74, 6) is 0.389. The third kappa shape index (κ3) is 4.34. The molecule has 0 aliphatic rings. The number of aromatic nitrogens is 1. The maximum atomic E-state index is 12.0. The summed E-state index contributed by atoms with van der Waals surface area (Å²) in [4.78, 5) is 16.4. The highest BCUT2D eigenvalue weighted by atomic mass is 32.2. The first-order valence-electron chi connectivity index (χ1n) is 6.99. The number of rotatable bonds is 5. The highest BCUT2D eigenvalue weighted by molar-refractivity contribution is 8.00. The zero-order chi connectivity index (χ0) is 15.9. The molecule has 2 aromatic rings. The Hall–Kier alpha value is -2.32. The van der Waals surface area contributed by atoms with Gasteiger partial charge in [-0.1, -0.05) is 43.8 Å². The van der Waals surface area contributed by atoms with Gasteiger partial charge in [0.15, 0.2) is 0 Å². The van der Waals surface area contributed by atoms with E-state index in [4.69, 9.17) is 5.26 Å². The van der Waals surface area contributed by atoms with Gasteiger partial charge in [0, 0.05) is 11.4 Å². The molecule has 1 aromatic carbocycles. The summed E-state index contributed by atoms with van der Waals surface area (Å²) < 4.78 is 0. The number of hydrogen-bond acceptors (Lipinski definition) is 4. The van der Waals surface area contributed by atoms with E-state index in [0.29, 0.717) is 10.6 Å². The van der Waals surface area contributed by atoms with Crippen LogP contribution in [0, 0.1) is 11.3 Å². The van der Waals surface area contributed by atoms with Crippen LogP contribution >= 0.6 is 11.8 Å². The molecule has 2 rings (SSSR count). The second-order valence-electron chi connectivity index (χ2n) is 5.06. The zero-order valence-corrected chi connectivity index (χ0v) is 13.4. The molecule has 0 spiro atoms. The van der Waals surface area contributed by atoms with Crippen LogP contribution in [0.4, 0.5) is 5.69 Å². The SMILES string of the molecule is CC(C)c1ccc(C#N)c(SCC(=O)Nc2ccccc2)n1. The van der Waals surface area contributed by atoms with E-state index in [0.717, 1.165) is 11.4 Å². The number of nitrogens with one attached hydrogen (secondary N) is 1. The predicted octanol–water partition coefficient (Wildman–Crippen LogP) is 3.81. The van der Waals surface area contributed by atoms with Crippen LogP contribution in [0.15, 0.2) is 47.5 Å². The van der Waals surface area contributed by atoms with Gasteiger partial charge in [0.2, 0.25) is 5.91 Å². The van der Waals surface area contributed by atoms with E-state index in [1.165, 1.54) is 11.8 Å². The van der Waals surface area contributed by atoms with E-state index in [-0.39, 0.29) is 17.6 Å². The van der Waals surface area contributed by atoms with Crippen molar-refractivity contribution in [1.29, 1.82) is 5.26 Å². The molecule has 1 heterocycles. The number of amides is 1. The topological polar surface area (TPSA) is 65.8 Å². The Labute approximate surface area is 134 Å². The molecule has 5 heteroatoms. The average molecular weight is 311 g/mol. The highest BCUT2D eigenvalue weighted by Gasteiger charge is 2.11. The molecular formula is C17H17N3OS. The van der Waals surface area contributed by atoms with Crippen LogP contribution in [0.5, 0.6) is 0 Å². The summed E-state index contributed by atoms with van der Waals surface area (Å²) in [6, 6.07) is 15.0. The second-order valence-corrected chi connectivity index (χ2v) is 6.02. The van der Waals surface area contributed by atoms with Gasteiger partial charge in [0.1, 0.15) is 11.1 Å². The van der Waals surface area contributed by atoms with Crippen LogP contribution in [-0.2, 0) is 4.79 Å². The Morgan fingerprint density at radius 3 is 2.64 bits per heavy atom. The monoisotopic (exact) mass is 311 g/mol. The van der Waals surface area contributed by atoms with E-state index in [1.54, 1.807) is 6.07 Å². The number of para-hydroxylation sites is 1. The lowest BCUT2D eigenvalue weighted by molar-refractivity contribution is -0.113. The minimum Gasteiger partial charge on any atom is -0.325 e. The van der Waals surface area contributed by atoms with Crippen molar-refractivity contribution in [2.24, 2.45) is 0 Å². The number of thioether (sulfide) groups is 1. The van der Waals surface area contributed by atoms with Crippen molar-refractivity contribution in [2.45, 2.75) is 24.8 Å². The van der Waals surface area contributed by atoms with E-state index in [9.17, 15) is 4.79 Å². The summed E-state index contributed by atoms with van der Waals surface area (Å²) in [5, 5.41) is 12.6. The minimum atomic E-state index is -0.114. The van der Waals surface area contributed by atoms with Gasteiger partial charge in [-0.15, -0.1) is 0 Å². The number of nitriles is 1. The molecule has 1 aromatic heterocycles. The zero-order valence-electron chi connectivity index (χ0n) is 12.5. The van der Waals surface area contributed by atoms with Gasteiger partial charge < -0.3 is 5.32 Å². The highest BCUT2D eigenvalue weighted by Crippen LogP contribution is 2.23. The van der Waals surface area contributed by atoms with Crippen LogP contribution < -0.4 is 5.32 Å². The number of nitrogens with zero attached hydrogens (tertiary/aromatic N) is 2. The Bertz CT molecular complexity index is 693. The molecule has 0 aliphatic heterocycles. The normalized spacial score (nSPS) is 10.3. The maximum absolute atomic E-state index is 12.0. The van der Waals surface area contributed by atoms with Gasteiger partial charge in [-0.3, -0.25) is 4.79 Å². The van der Waals surface area contributed by atoms with E-state index in [2.05, 4.69) is 16.4 Å². The van der Waals surface area contributed by atoms with Crippen molar-refractivity contribution < 1.29 is 4.79 Å². The van der Waals surface area contributed by atoms with Gasteiger partial charge in [-0.05, 0) is 30.2 Å². The molecule has 112 valence electrons. The van der Waals surface area contributed by atoms with Gasteiger partial charge in [-0.25, -0.2) is 4.98 Å². The average Bonchev–Trinajstić information content (AvgIpc) is 2.53. The number of pyridine rings is 1. The molecule has 1 amide bonds. The summed E-state index contributed by atoms with van der Waals surface area (Å²) in [7, 11) is 0. The lowest BCUT2D eigenvalue weighted by Gasteiger charge is -2.09. The van der Waals surface area contributed by atoms with Crippen LogP contribution in [0.3, 0.4) is 0 Å². The third-order valence-electron chi connectivity index (χ3n) is 2.99. The summed E-state index contributed by atoms with van der Waals surface area (Å²) in [5.41, 5.74) is 2.18. The predicted molar refractivity (Wildman–Crippen MR) is 88.8 cm³/mol. The van der Waals surface area contributed by atoms with E-state index >= 15 is 0 Å². The summed E-state index contributed by atoms with van der Waals surface area (Å²) in [6.07, 6.45) is 0. The van der Waals surface area contributed by atoms with Crippen molar-refractivity contribution in [2.75, 3.05) is 11.1 Å². The number of carbonyl (C=O) groups is 1. The molecule has 0 fully saturated rings. The largest absolute Gasteiger partial charge is 0.325 e. The fourth-order valence-corrected chi connectivity index (χ4v) is 2.60. The second kappa shape index (κ2) is 7.62. The quantitative estimate of drug-likeness (QED) is 0.853. The lowest BCUT2D eigenvalue weighted by atomic mass is 10.1. The van der Waals surface area contributed by atoms with Crippen LogP contribution in [0.1, 0.15) is 31.0 Å². The van der Waals surface area contributed by atoms with E-state index in [1.807, 2.05) is 50.2 Å². The summed E-state index contributed by atoms with van der Waals surface area (Å²) >= 11 is 1.28. The van der Waals surface area contributed by atoms with Crippen molar-refractivity contribution in [3.63, 3.8) is 0 Å². The molecule has 0 saturated heterocycles. The van der Waals surface area contributed by atoms with Crippen molar-refractivity contribution >= 4 is 23.4 Å². The number of hydrogen-bond donors (Lipinski definition) is 1. The number of carbonyl (C=O) groups excluding carboxylic acids is 1. The Kier molecular flexibility index (Phi) is 5.56.